The number of carbonyl (C=O) groups excluding carboxylic acids is 3. The predicted molar refractivity (Wildman–Crippen MR) is 128 cm³/mol. The molecule has 6 heteroatoms. The fourth-order valence-corrected chi connectivity index (χ4v) is 3.86. The summed E-state index contributed by atoms with van der Waals surface area (Å²) in [6.45, 7) is 7.29. The molecule has 0 saturated heterocycles. The van der Waals surface area contributed by atoms with Gasteiger partial charge in [0.25, 0.3) is 0 Å². The van der Waals surface area contributed by atoms with E-state index in [1.807, 2.05) is 75.4 Å². The van der Waals surface area contributed by atoms with Crippen molar-refractivity contribution in [3.8, 4) is 0 Å². The van der Waals surface area contributed by atoms with Crippen LogP contribution in [-0.4, -0.2) is 30.3 Å². The summed E-state index contributed by atoms with van der Waals surface area (Å²) < 4.78 is 0. The lowest BCUT2D eigenvalue weighted by Crippen LogP contribution is -2.47. The Morgan fingerprint density at radius 3 is 2.25 bits per heavy atom. The Morgan fingerprint density at radius 2 is 1.53 bits per heavy atom. The maximum Gasteiger partial charge on any atom is 0.243 e. The summed E-state index contributed by atoms with van der Waals surface area (Å²) >= 11 is 0. The van der Waals surface area contributed by atoms with Crippen LogP contribution in [-0.2, 0) is 20.8 Å². The van der Waals surface area contributed by atoms with Gasteiger partial charge in [0.15, 0.2) is 0 Å². The molecule has 3 aromatic carbocycles. The molecule has 0 saturated carbocycles. The smallest absolute Gasteiger partial charge is 0.243 e. The minimum atomic E-state index is -0.756. The molecule has 3 N–H and O–H groups in total. The molecule has 3 rings (SSSR count). The van der Waals surface area contributed by atoms with E-state index in [1.165, 1.54) is 0 Å². The molecule has 0 radical (unpaired) electrons. The summed E-state index contributed by atoms with van der Waals surface area (Å²) in [5.74, 6) is -0.981. The molecule has 32 heavy (non-hydrogen) atoms. The summed E-state index contributed by atoms with van der Waals surface area (Å²) in [4.78, 5) is 37.2. The van der Waals surface area contributed by atoms with Gasteiger partial charge in [-0.2, -0.15) is 0 Å². The van der Waals surface area contributed by atoms with Crippen LogP contribution < -0.4 is 16.0 Å². The minimum absolute atomic E-state index is 0.172. The Labute approximate surface area is 188 Å². The highest BCUT2D eigenvalue weighted by atomic mass is 16.2. The van der Waals surface area contributed by atoms with Gasteiger partial charge < -0.3 is 16.0 Å². The molecule has 0 bridgehead atoms. The van der Waals surface area contributed by atoms with Crippen LogP contribution in [0.4, 0.5) is 5.69 Å². The van der Waals surface area contributed by atoms with Crippen LogP contribution in [0.15, 0.2) is 54.6 Å². The number of rotatable bonds is 7. The van der Waals surface area contributed by atoms with Gasteiger partial charge in [-0.15, -0.1) is 0 Å². The molecule has 6 nitrogen and oxygen atoms in total. The average molecular weight is 432 g/mol. The molecular formula is C26H29N3O3. The van der Waals surface area contributed by atoms with Gasteiger partial charge >= 0.3 is 0 Å². The maximum absolute atomic E-state index is 12.5. The maximum atomic E-state index is 12.5. The Hall–Kier alpha value is -3.67. The van der Waals surface area contributed by atoms with Crippen molar-refractivity contribution in [3.05, 3.63) is 76.9 Å². The number of hydrogen-bond acceptors (Lipinski definition) is 3. The van der Waals surface area contributed by atoms with E-state index in [-0.39, 0.29) is 24.8 Å². The van der Waals surface area contributed by atoms with Gasteiger partial charge in [0.05, 0.1) is 13.0 Å². The van der Waals surface area contributed by atoms with Crippen molar-refractivity contribution in [2.75, 3.05) is 11.9 Å². The van der Waals surface area contributed by atoms with Crippen LogP contribution >= 0.6 is 0 Å². The largest absolute Gasteiger partial charge is 0.345 e. The van der Waals surface area contributed by atoms with Gasteiger partial charge in [-0.3, -0.25) is 14.4 Å². The van der Waals surface area contributed by atoms with Crippen LogP contribution in [0.5, 0.6) is 0 Å². The van der Waals surface area contributed by atoms with E-state index in [0.717, 1.165) is 38.7 Å². The second-order valence-corrected chi connectivity index (χ2v) is 8.14. The highest BCUT2D eigenvalue weighted by Gasteiger charge is 2.17. The monoisotopic (exact) mass is 431 g/mol. The van der Waals surface area contributed by atoms with Gasteiger partial charge in [-0.1, -0.05) is 60.2 Å². The first-order chi connectivity index (χ1) is 15.2. The number of carbonyl (C=O) groups is 3. The van der Waals surface area contributed by atoms with Gasteiger partial charge in [0, 0.05) is 5.69 Å². The molecule has 166 valence electrons. The summed E-state index contributed by atoms with van der Waals surface area (Å²) in [5.41, 5.74) is 4.72. The van der Waals surface area contributed by atoms with Crippen molar-refractivity contribution in [1.82, 2.24) is 10.6 Å². The molecule has 0 heterocycles. The number of amides is 3. The summed E-state index contributed by atoms with van der Waals surface area (Å²) in [6, 6.07) is 16.9. The molecule has 3 amide bonds. The van der Waals surface area contributed by atoms with Crippen molar-refractivity contribution >= 4 is 34.2 Å². The molecule has 0 aliphatic heterocycles. The zero-order valence-corrected chi connectivity index (χ0v) is 18.9. The van der Waals surface area contributed by atoms with Gasteiger partial charge in [0.2, 0.25) is 17.7 Å². The Morgan fingerprint density at radius 1 is 0.875 bits per heavy atom. The SMILES string of the molecule is Cc1cc(C)c(NC(=O)CNC(=O)C(C)NC(=O)Cc2cccc3ccccc23)c(C)c1. The van der Waals surface area contributed by atoms with Crippen LogP contribution in [0.2, 0.25) is 0 Å². The average Bonchev–Trinajstić information content (AvgIpc) is 2.74. The second kappa shape index (κ2) is 10.1. The summed E-state index contributed by atoms with van der Waals surface area (Å²) in [6.07, 6.45) is 0.172. The van der Waals surface area contributed by atoms with Crippen molar-refractivity contribution in [1.29, 1.82) is 0 Å². The topological polar surface area (TPSA) is 87.3 Å². The molecule has 1 unspecified atom stereocenters. The fraction of sp³-hybridized carbons (Fsp3) is 0.269. The van der Waals surface area contributed by atoms with Gasteiger partial charge in [-0.25, -0.2) is 0 Å². The quantitative estimate of drug-likeness (QED) is 0.534. The number of benzene rings is 3. The van der Waals surface area contributed by atoms with Crippen molar-refractivity contribution in [2.45, 2.75) is 40.2 Å². The lowest BCUT2D eigenvalue weighted by molar-refractivity contribution is -0.129. The van der Waals surface area contributed by atoms with Crippen LogP contribution in [0, 0.1) is 20.8 Å². The Balaban J connectivity index is 1.51. The Bertz CT molecular complexity index is 1140. The fourth-order valence-electron chi connectivity index (χ4n) is 3.86. The number of aryl methyl sites for hydroxylation is 3. The number of fused-ring (bicyclic) bond motifs is 1. The highest BCUT2D eigenvalue weighted by Crippen LogP contribution is 2.21. The third kappa shape index (κ3) is 5.72. The zero-order valence-electron chi connectivity index (χ0n) is 18.9. The lowest BCUT2D eigenvalue weighted by atomic mass is 10.0. The molecule has 0 spiro atoms. The predicted octanol–water partition coefficient (Wildman–Crippen LogP) is 3.57. The third-order valence-electron chi connectivity index (χ3n) is 5.37. The molecule has 3 aromatic rings. The third-order valence-corrected chi connectivity index (χ3v) is 5.37. The van der Waals surface area contributed by atoms with E-state index in [0.29, 0.717) is 0 Å². The van der Waals surface area contributed by atoms with Crippen molar-refractivity contribution in [2.24, 2.45) is 0 Å². The molecule has 0 aliphatic carbocycles. The number of hydrogen-bond donors (Lipinski definition) is 3. The first-order valence-corrected chi connectivity index (χ1v) is 10.7. The van der Waals surface area contributed by atoms with E-state index in [2.05, 4.69) is 16.0 Å². The lowest BCUT2D eigenvalue weighted by Gasteiger charge is -2.16. The standard InChI is InChI=1S/C26H29N3O3/c1-16-12-17(2)25(18(3)13-16)29-24(31)15-27-26(32)19(4)28-23(30)14-21-10-7-9-20-8-5-6-11-22(20)21/h5-13,19H,14-15H2,1-4H3,(H,27,32)(H,28,30)(H,29,31). The molecule has 0 fully saturated rings. The van der Waals surface area contributed by atoms with Gasteiger partial charge in [0.1, 0.15) is 6.04 Å². The Kier molecular flexibility index (Phi) is 7.25. The number of nitrogens with one attached hydrogen (secondary N) is 3. The normalized spacial score (nSPS) is 11.6. The van der Waals surface area contributed by atoms with E-state index in [1.54, 1.807) is 6.92 Å². The first-order valence-electron chi connectivity index (χ1n) is 10.7. The summed E-state index contributed by atoms with van der Waals surface area (Å²) in [7, 11) is 0. The van der Waals surface area contributed by atoms with E-state index in [9.17, 15) is 14.4 Å². The molecule has 1 atom stereocenters. The van der Waals surface area contributed by atoms with Crippen molar-refractivity contribution in [3.63, 3.8) is 0 Å². The van der Waals surface area contributed by atoms with E-state index in [4.69, 9.17) is 0 Å². The molecule has 0 aromatic heterocycles. The summed E-state index contributed by atoms with van der Waals surface area (Å²) in [5, 5.41) is 10.2. The molecular weight excluding hydrogens is 402 g/mol. The van der Waals surface area contributed by atoms with Crippen LogP contribution in [0.3, 0.4) is 0 Å². The molecule has 0 aliphatic rings. The minimum Gasteiger partial charge on any atom is -0.345 e. The highest BCUT2D eigenvalue weighted by molar-refractivity contribution is 5.97. The van der Waals surface area contributed by atoms with Crippen LogP contribution in [0.1, 0.15) is 29.2 Å². The zero-order chi connectivity index (χ0) is 23.3. The van der Waals surface area contributed by atoms with E-state index >= 15 is 0 Å². The second-order valence-electron chi connectivity index (χ2n) is 8.14. The first kappa shape index (κ1) is 23.0. The van der Waals surface area contributed by atoms with Crippen molar-refractivity contribution < 1.29 is 14.4 Å². The van der Waals surface area contributed by atoms with Gasteiger partial charge in [-0.05, 0) is 55.2 Å². The van der Waals surface area contributed by atoms with E-state index < -0.39 is 11.9 Å². The van der Waals surface area contributed by atoms with Crippen LogP contribution in [0.25, 0.3) is 10.8 Å². The number of anilines is 1.